The van der Waals surface area contributed by atoms with Crippen LogP contribution in [0.5, 0.6) is 0 Å². The maximum atomic E-state index is 13.5. The van der Waals surface area contributed by atoms with Gasteiger partial charge in [0.1, 0.15) is 11.7 Å². The van der Waals surface area contributed by atoms with E-state index < -0.39 is 11.7 Å². The highest BCUT2D eigenvalue weighted by Gasteiger charge is 2.22. The van der Waals surface area contributed by atoms with Crippen LogP contribution < -0.4 is 10.2 Å². The lowest BCUT2D eigenvalue weighted by Crippen LogP contribution is -2.24. The maximum absolute atomic E-state index is 13.5. The van der Waals surface area contributed by atoms with Crippen LogP contribution >= 0.6 is 11.6 Å². The Kier molecular flexibility index (Phi) is 3.81. The monoisotopic (exact) mass is 270 g/mol. The van der Waals surface area contributed by atoms with Crippen LogP contribution in [0.15, 0.2) is 18.2 Å². The third-order valence-corrected chi connectivity index (χ3v) is 2.97. The molecular formula is C12H12ClFN2O2. The van der Waals surface area contributed by atoms with Crippen molar-refractivity contribution in [2.45, 2.75) is 12.8 Å². The molecule has 1 heterocycles. The molecule has 0 aromatic heterocycles. The fourth-order valence-electron chi connectivity index (χ4n) is 1.88. The second-order valence-electron chi connectivity index (χ2n) is 3.99. The zero-order chi connectivity index (χ0) is 13.1. The first-order chi connectivity index (χ1) is 8.61. The fraction of sp³-hybridized carbons (Fsp3) is 0.333. The van der Waals surface area contributed by atoms with Crippen LogP contribution in [0.25, 0.3) is 0 Å². The molecule has 1 saturated heterocycles. The summed E-state index contributed by atoms with van der Waals surface area (Å²) >= 11 is 5.35. The molecule has 4 nitrogen and oxygen atoms in total. The highest BCUT2D eigenvalue weighted by Crippen LogP contribution is 2.26. The number of benzene rings is 1. The van der Waals surface area contributed by atoms with Gasteiger partial charge in [-0.1, -0.05) is 0 Å². The summed E-state index contributed by atoms with van der Waals surface area (Å²) in [6, 6.07) is 4.20. The van der Waals surface area contributed by atoms with Gasteiger partial charge in [0, 0.05) is 18.7 Å². The second-order valence-corrected chi connectivity index (χ2v) is 4.26. The van der Waals surface area contributed by atoms with Gasteiger partial charge in [-0.25, -0.2) is 4.39 Å². The zero-order valence-electron chi connectivity index (χ0n) is 9.58. The van der Waals surface area contributed by atoms with Crippen LogP contribution in [-0.2, 0) is 9.59 Å². The lowest BCUT2D eigenvalue weighted by Gasteiger charge is -2.17. The number of halogens is 2. The molecule has 0 saturated carbocycles. The summed E-state index contributed by atoms with van der Waals surface area (Å²) in [5, 5.41) is 2.35. The standard InChI is InChI=1S/C12H12ClFN2O2/c13-7-11(17)15-10-6-8(3-4-9(10)14)16-5-1-2-12(16)18/h3-4,6H,1-2,5,7H2,(H,15,17). The Morgan fingerprint density at radius 3 is 2.89 bits per heavy atom. The van der Waals surface area contributed by atoms with Crippen molar-refractivity contribution in [1.29, 1.82) is 0 Å². The van der Waals surface area contributed by atoms with Crippen LogP contribution in [0.2, 0.25) is 0 Å². The molecule has 18 heavy (non-hydrogen) atoms. The number of hydrogen-bond donors (Lipinski definition) is 1. The molecule has 1 aromatic rings. The molecule has 2 rings (SSSR count). The summed E-state index contributed by atoms with van der Waals surface area (Å²) < 4.78 is 13.5. The van der Waals surface area contributed by atoms with Crippen molar-refractivity contribution in [3.63, 3.8) is 0 Å². The fourth-order valence-corrected chi connectivity index (χ4v) is 1.95. The van der Waals surface area contributed by atoms with Gasteiger partial charge in [-0.05, 0) is 24.6 Å². The molecule has 0 bridgehead atoms. The summed E-state index contributed by atoms with van der Waals surface area (Å²) in [5.74, 6) is -1.27. The molecule has 96 valence electrons. The lowest BCUT2D eigenvalue weighted by molar-refractivity contribution is -0.117. The highest BCUT2D eigenvalue weighted by molar-refractivity contribution is 6.29. The van der Waals surface area contributed by atoms with E-state index >= 15 is 0 Å². The largest absolute Gasteiger partial charge is 0.322 e. The van der Waals surface area contributed by atoms with E-state index in [1.807, 2.05) is 0 Å². The molecule has 1 aliphatic heterocycles. The van der Waals surface area contributed by atoms with Crippen molar-refractivity contribution in [2.24, 2.45) is 0 Å². The third kappa shape index (κ3) is 2.61. The van der Waals surface area contributed by atoms with Crippen LogP contribution in [-0.4, -0.2) is 24.2 Å². The summed E-state index contributed by atoms with van der Waals surface area (Å²) in [6.07, 6.45) is 1.29. The number of amides is 2. The smallest absolute Gasteiger partial charge is 0.239 e. The summed E-state index contributed by atoms with van der Waals surface area (Å²) in [5.41, 5.74) is 0.627. The number of nitrogens with one attached hydrogen (secondary N) is 1. The number of nitrogens with zero attached hydrogens (tertiary/aromatic N) is 1. The Bertz CT molecular complexity index is 493. The van der Waals surface area contributed by atoms with E-state index in [1.165, 1.54) is 18.2 Å². The SMILES string of the molecule is O=C(CCl)Nc1cc(N2CCCC2=O)ccc1F. The number of carbonyl (C=O) groups is 2. The lowest BCUT2D eigenvalue weighted by atomic mass is 10.2. The molecule has 6 heteroatoms. The van der Waals surface area contributed by atoms with Crippen LogP contribution in [0.3, 0.4) is 0 Å². The Morgan fingerprint density at radius 1 is 1.50 bits per heavy atom. The molecule has 1 aromatic carbocycles. The van der Waals surface area contributed by atoms with Crippen molar-refractivity contribution >= 4 is 34.8 Å². The van der Waals surface area contributed by atoms with Gasteiger partial charge in [0.25, 0.3) is 0 Å². The highest BCUT2D eigenvalue weighted by atomic mass is 35.5. The predicted octanol–water partition coefficient (Wildman–Crippen LogP) is 2.13. The number of alkyl halides is 1. The van der Waals surface area contributed by atoms with E-state index in [9.17, 15) is 14.0 Å². The Morgan fingerprint density at radius 2 is 2.28 bits per heavy atom. The van der Waals surface area contributed by atoms with Crippen molar-refractivity contribution in [2.75, 3.05) is 22.6 Å². The molecule has 0 spiro atoms. The Balaban J connectivity index is 2.25. The number of carbonyl (C=O) groups excluding carboxylic acids is 2. The van der Waals surface area contributed by atoms with Crippen LogP contribution in [0, 0.1) is 5.82 Å². The molecule has 1 N–H and O–H groups in total. The van der Waals surface area contributed by atoms with Crippen LogP contribution in [0.4, 0.5) is 15.8 Å². The van der Waals surface area contributed by atoms with E-state index in [0.717, 1.165) is 6.42 Å². The van der Waals surface area contributed by atoms with E-state index in [4.69, 9.17) is 11.6 Å². The first kappa shape index (κ1) is 12.8. The predicted molar refractivity (Wildman–Crippen MR) is 67.3 cm³/mol. The van der Waals surface area contributed by atoms with Gasteiger partial charge in [0.15, 0.2) is 0 Å². The third-order valence-electron chi connectivity index (χ3n) is 2.73. The van der Waals surface area contributed by atoms with E-state index in [-0.39, 0.29) is 17.5 Å². The van der Waals surface area contributed by atoms with E-state index in [0.29, 0.717) is 18.7 Å². The quantitative estimate of drug-likeness (QED) is 0.856. The minimum absolute atomic E-state index is 0.0104. The van der Waals surface area contributed by atoms with E-state index in [2.05, 4.69) is 5.32 Å². The maximum Gasteiger partial charge on any atom is 0.239 e. The Hall–Kier alpha value is -1.62. The molecule has 0 unspecified atom stereocenters. The number of anilines is 2. The zero-order valence-corrected chi connectivity index (χ0v) is 10.3. The molecule has 1 fully saturated rings. The second kappa shape index (κ2) is 5.35. The number of rotatable bonds is 3. The molecule has 0 atom stereocenters. The van der Waals surface area contributed by atoms with Gasteiger partial charge in [0.05, 0.1) is 5.69 Å². The average Bonchev–Trinajstić information content (AvgIpc) is 2.78. The summed E-state index contributed by atoms with van der Waals surface area (Å²) in [7, 11) is 0. The van der Waals surface area contributed by atoms with Gasteiger partial charge in [-0.15, -0.1) is 11.6 Å². The van der Waals surface area contributed by atoms with Gasteiger partial charge in [-0.2, -0.15) is 0 Å². The average molecular weight is 271 g/mol. The van der Waals surface area contributed by atoms with Crippen LogP contribution in [0.1, 0.15) is 12.8 Å². The summed E-state index contributed by atoms with van der Waals surface area (Å²) in [4.78, 5) is 24.3. The topological polar surface area (TPSA) is 49.4 Å². The Labute approximate surface area is 109 Å². The first-order valence-corrected chi connectivity index (χ1v) is 6.11. The van der Waals surface area contributed by atoms with Crippen molar-refractivity contribution in [3.8, 4) is 0 Å². The normalized spacial score (nSPS) is 15.0. The van der Waals surface area contributed by atoms with Gasteiger partial charge in [0.2, 0.25) is 11.8 Å². The van der Waals surface area contributed by atoms with E-state index in [1.54, 1.807) is 4.90 Å². The van der Waals surface area contributed by atoms with Crippen molar-refractivity contribution < 1.29 is 14.0 Å². The molecule has 1 aliphatic rings. The summed E-state index contributed by atoms with van der Waals surface area (Å²) in [6.45, 7) is 0.618. The molecule has 0 aliphatic carbocycles. The van der Waals surface area contributed by atoms with Gasteiger partial charge < -0.3 is 10.2 Å². The van der Waals surface area contributed by atoms with Crippen molar-refractivity contribution in [3.05, 3.63) is 24.0 Å². The minimum Gasteiger partial charge on any atom is -0.322 e. The molecular weight excluding hydrogens is 259 g/mol. The van der Waals surface area contributed by atoms with Gasteiger partial charge in [-0.3, -0.25) is 9.59 Å². The number of hydrogen-bond acceptors (Lipinski definition) is 2. The first-order valence-electron chi connectivity index (χ1n) is 5.57. The van der Waals surface area contributed by atoms with Gasteiger partial charge >= 0.3 is 0 Å². The molecule has 0 radical (unpaired) electrons. The van der Waals surface area contributed by atoms with Crippen molar-refractivity contribution in [1.82, 2.24) is 0 Å². The molecule has 2 amide bonds. The minimum atomic E-state index is -0.552.